The van der Waals surface area contributed by atoms with Gasteiger partial charge in [-0.1, -0.05) is 6.07 Å². The maximum absolute atomic E-state index is 11.9. The Bertz CT molecular complexity index is 1230. The van der Waals surface area contributed by atoms with E-state index in [1.807, 2.05) is 0 Å². The molecular weight excluding hydrogens is 476 g/mol. The van der Waals surface area contributed by atoms with Gasteiger partial charge in [-0.2, -0.15) is 11.3 Å². The molecule has 0 bridgehead atoms. The van der Waals surface area contributed by atoms with Gasteiger partial charge in [0.15, 0.2) is 5.78 Å². The number of aromatic nitrogens is 3. The van der Waals surface area contributed by atoms with Crippen LogP contribution in [0.4, 0.5) is 0 Å². The van der Waals surface area contributed by atoms with Gasteiger partial charge in [0.25, 0.3) is 0 Å². The van der Waals surface area contributed by atoms with E-state index in [0.29, 0.717) is 22.6 Å². The number of thiophene rings is 1. The molecule has 0 radical (unpaired) electrons. The van der Waals surface area contributed by atoms with Crippen LogP contribution in [0, 0.1) is 5.92 Å². The molecule has 1 aliphatic carbocycles. The van der Waals surface area contributed by atoms with Crippen molar-refractivity contribution in [3.05, 3.63) is 69.4 Å². The molecule has 0 amide bonds. The molecule has 180 valence electrons. The molecule has 3 aromatic heterocycles. The first-order valence-corrected chi connectivity index (χ1v) is 13.8. The zero-order valence-electron chi connectivity index (χ0n) is 19.6. The maximum atomic E-state index is 11.9. The van der Waals surface area contributed by atoms with Gasteiger partial charge >= 0.3 is 0 Å². The number of allylic oxidation sites excluding steroid dienone is 1. The zero-order valence-corrected chi connectivity index (χ0v) is 21.3. The van der Waals surface area contributed by atoms with E-state index in [1.165, 1.54) is 5.56 Å². The fraction of sp³-hybridized carbons (Fsp3) is 0.370. The van der Waals surface area contributed by atoms with Crippen LogP contribution in [0.25, 0.3) is 17.3 Å². The summed E-state index contributed by atoms with van der Waals surface area (Å²) in [5.41, 5.74) is 3.98. The Morgan fingerprint density at radius 1 is 1.11 bits per heavy atom. The summed E-state index contributed by atoms with van der Waals surface area (Å²) in [6.07, 6.45) is 8.78. The highest BCUT2D eigenvalue weighted by molar-refractivity contribution is 8.18. The molecule has 0 spiro atoms. The summed E-state index contributed by atoms with van der Waals surface area (Å²) in [6, 6.07) is 10.8. The van der Waals surface area contributed by atoms with Crippen molar-refractivity contribution in [2.24, 2.45) is 5.92 Å². The third-order valence-corrected chi connectivity index (χ3v) is 8.27. The highest BCUT2D eigenvalue weighted by Crippen LogP contribution is 2.31. The number of nitrogens with zero attached hydrogens (tertiary/aromatic N) is 3. The van der Waals surface area contributed by atoms with Gasteiger partial charge in [0.1, 0.15) is 5.82 Å². The first kappa shape index (κ1) is 24.0. The predicted octanol–water partition coefficient (Wildman–Crippen LogP) is 5.63. The van der Waals surface area contributed by atoms with E-state index in [2.05, 4.69) is 57.2 Å². The van der Waals surface area contributed by atoms with E-state index in [9.17, 15) is 9.59 Å². The number of hydrogen-bond acceptors (Lipinski definition) is 8. The van der Waals surface area contributed by atoms with Gasteiger partial charge in [0, 0.05) is 35.6 Å². The SMILES string of the molecule is CC(NC1CCC(Cc2nccc(/C=C3\SC(=O)CC3=O)n2)CC1)c1cccc(-c2ccsc2)n1. The van der Waals surface area contributed by atoms with Crippen LogP contribution < -0.4 is 5.32 Å². The van der Waals surface area contributed by atoms with Crippen molar-refractivity contribution in [2.75, 3.05) is 0 Å². The van der Waals surface area contributed by atoms with E-state index >= 15 is 0 Å². The lowest BCUT2D eigenvalue weighted by Gasteiger charge is -2.31. The van der Waals surface area contributed by atoms with E-state index in [-0.39, 0.29) is 23.4 Å². The predicted molar refractivity (Wildman–Crippen MR) is 141 cm³/mol. The molecule has 4 heterocycles. The van der Waals surface area contributed by atoms with E-state index in [1.54, 1.807) is 29.7 Å². The Balaban J connectivity index is 1.14. The minimum atomic E-state index is -0.117. The van der Waals surface area contributed by atoms with E-state index in [4.69, 9.17) is 4.98 Å². The number of pyridine rings is 1. The van der Waals surface area contributed by atoms with Crippen LogP contribution in [0.3, 0.4) is 0 Å². The molecule has 1 atom stereocenters. The fourth-order valence-electron chi connectivity index (χ4n) is 4.77. The second kappa shape index (κ2) is 10.9. The average Bonchev–Trinajstić information content (AvgIpc) is 3.50. The van der Waals surface area contributed by atoms with Crippen LogP contribution in [-0.4, -0.2) is 31.9 Å². The van der Waals surface area contributed by atoms with Gasteiger partial charge in [-0.25, -0.2) is 9.97 Å². The normalized spacial score (nSPS) is 22.6. The van der Waals surface area contributed by atoms with E-state index < -0.39 is 0 Å². The molecule has 2 fully saturated rings. The smallest absolute Gasteiger partial charge is 0.201 e. The third-order valence-electron chi connectivity index (χ3n) is 6.64. The molecule has 3 aromatic rings. The molecule has 1 N–H and O–H groups in total. The van der Waals surface area contributed by atoms with Crippen molar-refractivity contribution in [1.82, 2.24) is 20.3 Å². The number of ketones is 1. The largest absolute Gasteiger partial charge is 0.306 e. The monoisotopic (exact) mass is 504 g/mol. The van der Waals surface area contributed by atoms with Crippen molar-refractivity contribution in [1.29, 1.82) is 0 Å². The fourth-order valence-corrected chi connectivity index (χ4v) is 6.23. The molecule has 6 nitrogen and oxygen atoms in total. The number of carbonyl (C=O) groups excluding carboxylic acids is 2. The van der Waals surface area contributed by atoms with E-state index in [0.717, 1.165) is 61.1 Å². The second-order valence-electron chi connectivity index (χ2n) is 9.25. The van der Waals surface area contributed by atoms with Crippen molar-refractivity contribution in [2.45, 2.75) is 57.5 Å². The summed E-state index contributed by atoms with van der Waals surface area (Å²) in [7, 11) is 0. The van der Waals surface area contributed by atoms with Crippen LogP contribution >= 0.6 is 23.1 Å². The number of hydrogen-bond donors (Lipinski definition) is 1. The summed E-state index contributed by atoms with van der Waals surface area (Å²) in [4.78, 5) is 37.8. The van der Waals surface area contributed by atoms with Gasteiger partial charge in [0.05, 0.1) is 28.4 Å². The Labute approximate surface area is 213 Å². The topological polar surface area (TPSA) is 84.8 Å². The lowest BCUT2D eigenvalue weighted by atomic mass is 9.83. The second-order valence-corrected chi connectivity index (χ2v) is 11.1. The van der Waals surface area contributed by atoms with Gasteiger partial charge in [-0.3, -0.25) is 14.6 Å². The quantitative estimate of drug-likeness (QED) is 0.330. The van der Waals surface area contributed by atoms with Crippen molar-refractivity contribution in [3.63, 3.8) is 0 Å². The zero-order chi connectivity index (χ0) is 24.2. The van der Waals surface area contributed by atoms with Crippen LogP contribution in [0.1, 0.15) is 62.3 Å². The molecule has 1 saturated heterocycles. The van der Waals surface area contributed by atoms with Crippen molar-refractivity contribution in [3.8, 4) is 11.3 Å². The Morgan fingerprint density at radius 3 is 2.71 bits per heavy atom. The molecule has 2 aliphatic rings. The van der Waals surface area contributed by atoms with Gasteiger partial charge in [-0.15, -0.1) is 0 Å². The molecule has 1 unspecified atom stereocenters. The highest BCUT2D eigenvalue weighted by Gasteiger charge is 2.26. The van der Waals surface area contributed by atoms with Gasteiger partial charge in [0.2, 0.25) is 5.12 Å². The first-order valence-electron chi connectivity index (χ1n) is 12.1. The highest BCUT2D eigenvalue weighted by atomic mass is 32.2. The molecule has 8 heteroatoms. The molecule has 1 saturated carbocycles. The van der Waals surface area contributed by atoms with Gasteiger partial charge in [-0.05, 0) is 86.0 Å². The summed E-state index contributed by atoms with van der Waals surface area (Å²) in [5.74, 6) is 1.24. The van der Waals surface area contributed by atoms with Crippen LogP contribution in [0.5, 0.6) is 0 Å². The Morgan fingerprint density at radius 2 is 1.97 bits per heavy atom. The molecule has 0 aromatic carbocycles. The number of thioether (sulfide) groups is 1. The maximum Gasteiger partial charge on any atom is 0.201 e. The summed E-state index contributed by atoms with van der Waals surface area (Å²) < 4.78 is 0. The van der Waals surface area contributed by atoms with Crippen molar-refractivity contribution >= 4 is 40.1 Å². The third kappa shape index (κ3) is 6.12. The molecule has 5 rings (SSSR count). The Kier molecular flexibility index (Phi) is 7.51. The average molecular weight is 505 g/mol. The number of carbonyl (C=O) groups is 2. The number of Topliss-reactive ketones (excluding diaryl/α,β-unsaturated/α-hetero) is 1. The lowest BCUT2D eigenvalue weighted by molar-refractivity contribution is -0.119. The minimum Gasteiger partial charge on any atom is -0.306 e. The number of rotatable bonds is 7. The summed E-state index contributed by atoms with van der Waals surface area (Å²) >= 11 is 2.71. The van der Waals surface area contributed by atoms with Gasteiger partial charge < -0.3 is 5.32 Å². The molecule has 1 aliphatic heterocycles. The van der Waals surface area contributed by atoms with Crippen molar-refractivity contribution < 1.29 is 9.59 Å². The first-order chi connectivity index (χ1) is 17.0. The van der Waals surface area contributed by atoms with Crippen LogP contribution in [-0.2, 0) is 16.0 Å². The van der Waals surface area contributed by atoms with Crippen LogP contribution in [0.2, 0.25) is 0 Å². The number of nitrogens with one attached hydrogen (secondary N) is 1. The Hall–Kier alpha value is -2.68. The lowest BCUT2D eigenvalue weighted by Crippen LogP contribution is -2.35. The summed E-state index contributed by atoms with van der Waals surface area (Å²) in [5, 5.41) is 7.91. The summed E-state index contributed by atoms with van der Waals surface area (Å²) in [6.45, 7) is 2.20. The van der Waals surface area contributed by atoms with Crippen LogP contribution in [0.15, 0.2) is 52.2 Å². The standard InChI is InChI=1S/C27H28N4O2S2/c1-17(22-3-2-4-23(31-22)19-10-12-34-16-19)29-20-7-5-18(6-8-20)13-26-28-11-9-21(30-26)14-25-24(32)15-27(33)35-25/h2-4,9-12,14,16-18,20,29H,5-8,13,15H2,1H3/b25-14-. The molecule has 35 heavy (non-hydrogen) atoms. The molecular formula is C27H28N4O2S2. The minimum absolute atomic E-state index is 0.0135.